The van der Waals surface area contributed by atoms with E-state index in [4.69, 9.17) is 9.47 Å². The van der Waals surface area contributed by atoms with Crippen molar-refractivity contribution in [3.8, 4) is 0 Å². The van der Waals surface area contributed by atoms with E-state index < -0.39 is 8.68 Å². The van der Waals surface area contributed by atoms with E-state index in [0.717, 1.165) is 24.4 Å². The fourth-order valence-electron chi connectivity index (χ4n) is 2.45. The van der Waals surface area contributed by atoms with Crippen molar-refractivity contribution in [2.75, 3.05) is 13.7 Å². The van der Waals surface area contributed by atoms with Crippen LogP contribution in [0.15, 0.2) is 0 Å². The summed E-state index contributed by atoms with van der Waals surface area (Å²) in [5.41, 5.74) is 0. The molecular formula is C11H20O3Si. The van der Waals surface area contributed by atoms with Gasteiger partial charge >= 0.3 is 0 Å². The summed E-state index contributed by atoms with van der Waals surface area (Å²) in [5, 5.41) is 0. The van der Waals surface area contributed by atoms with E-state index in [2.05, 4.69) is 0 Å². The summed E-state index contributed by atoms with van der Waals surface area (Å²) in [6.07, 6.45) is 6.00. The molecule has 3 unspecified atom stereocenters. The number of fused-ring (bicyclic) bond motifs is 1. The lowest BCUT2D eigenvalue weighted by atomic mass is 9.88. The van der Waals surface area contributed by atoms with E-state index in [0.29, 0.717) is 18.8 Å². The smallest absolute Gasteiger partial charge is 0.278 e. The Morgan fingerprint density at radius 3 is 2.93 bits per heavy atom. The molecule has 86 valence electrons. The van der Waals surface area contributed by atoms with Gasteiger partial charge < -0.3 is 13.9 Å². The molecule has 1 heterocycles. The number of methoxy groups -OCH3 is 1. The number of hydrogen-bond donors (Lipinski definition) is 0. The molecule has 0 aromatic carbocycles. The first-order valence-corrected chi connectivity index (χ1v) is 7.78. The minimum atomic E-state index is -1.37. The van der Waals surface area contributed by atoms with Crippen molar-refractivity contribution in [2.45, 2.75) is 50.0 Å². The maximum absolute atomic E-state index is 11.6. The zero-order valence-electron chi connectivity index (χ0n) is 9.41. The van der Waals surface area contributed by atoms with Gasteiger partial charge in [-0.15, -0.1) is 0 Å². The van der Waals surface area contributed by atoms with E-state index in [1.54, 1.807) is 7.11 Å². The SMILES string of the molecule is COCC[Si](=O)CCC1CCC2OC2C1. The fraction of sp³-hybridized carbons (Fsp3) is 1.00. The first-order chi connectivity index (χ1) is 7.29. The molecule has 1 saturated heterocycles. The zero-order valence-corrected chi connectivity index (χ0v) is 10.4. The average molecular weight is 228 g/mol. The van der Waals surface area contributed by atoms with Crippen LogP contribution in [0.4, 0.5) is 0 Å². The molecule has 0 aromatic rings. The van der Waals surface area contributed by atoms with Gasteiger partial charge in [-0.25, -0.2) is 0 Å². The largest absolute Gasteiger partial charge is 0.388 e. The van der Waals surface area contributed by atoms with Gasteiger partial charge in [-0.1, -0.05) is 0 Å². The Hall–Kier alpha value is -0.0631. The second kappa shape index (κ2) is 5.32. The third-order valence-corrected chi connectivity index (χ3v) is 5.14. The maximum Gasteiger partial charge on any atom is 0.278 e. The van der Waals surface area contributed by atoms with Gasteiger partial charge in [-0.2, -0.15) is 0 Å². The summed E-state index contributed by atoms with van der Waals surface area (Å²) in [6, 6.07) is 1.67. The Balaban J connectivity index is 1.58. The molecule has 1 aliphatic carbocycles. The van der Waals surface area contributed by atoms with Crippen LogP contribution in [0.2, 0.25) is 12.1 Å². The molecule has 2 rings (SSSR count). The van der Waals surface area contributed by atoms with Gasteiger partial charge in [0.2, 0.25) is 0 Å². The molecule has 0 spiro atoms. The van der Waals surface area contributed by atoms with Crippen molar-refractivity contribution in [1.29, 1.82) is 0 Å². The minimum Gasteiger partial charge on any atom is -0.388 e. The van der Waals surface area contributed by atoms with E-state index in [1.807, 2.05) is 0 Å². The van der Waals surface area contributed by atoms with Gasteiger partial charge in [0.05, 0.1) is 12.2 Å². The molecule has 0 bridgehead atoms. The predicted molar refractivity (Wildman–Crippen MR) is 58.5 cm³/mol. The second-order valence-electron chi connectivity index (χ2n) is 4.71. The van der Waals surface area contributed by atoms with Crippen LogP contribution in [0, 0.1) is 5.92 Å². The Morgan fingerprint density at radius 2 is 2.20 bits per heavy atom. The van der Waals surface area contributed by atoms with E-state index >= 15 is 0 Å². The van der Waals surface area contributed by atoms with Gasteiger partial charge in [0.25, 0.3) is 8.68 Å². The second-order valence-corrected chi connectivity index (χ2v) is 6.79. The minimum absolute atomic E-state index is 0.560. The summed E-state index contributed by atoms with van der Waals surface area (Å²) in [5.74, 6) is 0.769. The number of ether oxygens (including phenoxy) is 2. The van der Waals surface area contributed by atoms with Crippen molar-refractivity contribution >= 4 is 8.68 Å². The summed E-state index contributed by atoms with van der Waals surface area (Å²) in [6.45, 7) is 0.649. The summed E-state index contributed by atoms with van der Waals surface area (Å²) in [4.78, 5) is 0. The summed E-state index contributed by atoms with van der Waals surface area (Å²) in [7, 11) is 0.297. The van der Waals surface area contributed by atoms with Crippen molar-refractivity contribution in [3.05, 3.63) is 0 Å². The molecule has 4 heteroatoms. The Labute approximate surface area is 92.8 Å². The van der Waals surface area contributed by atoms with Crippen LogP contribution < -0.4 is 0 Å². The zero-order chi connectivity index (χ0) is 10.7. The van der Waals surface area contributed by atoms with Crippen LogP contribution in [-0.2, 0) is 13.9 Å². The predicted octanol–water partition coefficient (Wildman–Crippen LogP) is 2.01. The highest BCUT2D eigenvalue weighted by atomic mass is 28.3. The molecule has 0 aromatic heterocycles. The first-order valence-electron chi connectivity index (χ1n) is 5.95. The molecule has 0 amide bonds. The monoisotopic (exact) mass is 228 g/mol. The molecule has 3 atom stereocenters. The van der Waals surface area contributed by atoms with E-state index in [1.165, 1.54) is 19.3 Å². The molecule has 15 heavy (non-hydrogen) atoms. The standard InChI is InChI=1S/C11H20O3Si/c1-13-5-7-15(12)6-4-9-2-3-10-11(8-9)14-10/h9-11H,2-8H2,1H3. The van der Waals surface area contributed by atoms with E-state index in [9.17, 15) is 4.46 Å². The van der Waals surface area contributed by atoms with Crippen LogP contribution in [-0.4, -0.2) is 34.6 Å². The maximum atomic E-state index is 11.6. The Morgan fingerprint density at radius 1 is 1.33 bits per heavy atom. The van der Waals surface area contributed by atoms with Gasteiger partial charge in [-0.05, 0) is 37.6 Å². The highest BCUT2D eigenvalue weighted by Crippen LogP contribution is 2.40. The topological polar surface area (TPSA) is 38.8 Å². The molecular weight excluding hydrogens is 208 g/mol. The van der Waals surface area contributed by atoms with Crippen LogP contribution in [0.5, 0.6) is 0 Å². The summed E-state index contributed by atoms with van der Waals surface area (Å²) >= 11 is 0. The van der Waals surface area contributed by atoms with Crippen LogP contribution in [0.25, 0.3) is 0 Å². The van der Waals surface area contributed by atoms with Gasteiger partial charge in [0.15, 0.2) is 0 Å². The highest BCUT2D eigenvalue weighted by Gasteiger charge is 2.43. The molecule has 0 radical (unpaired) electrons. The van der Waals surface area contributed by atoms with Gasteiger partial charge in [0.1, 0.15) is 0 Å². The van der Waals surface area contributed by atoms with Crippen molar-refractivity contribution in [2.24, 2.45) is 5.92 Å². The van der Waals surface area contributed by atoms with Crippen molar-refractivity contribution in [1.82, 2.24) is 0 Å². The lowest BCUT2D eigenvalue weighted by Crippen LogP contribution is -2.15. The first kappa shape index (κ1) is 11.4. The summed E-state index contributed by atoms with van der Waals surface area (Å²) < 4.78 is 22.0. The fourth-order valence-corrected chi connectivity index (χ4v) is 3.87. The average Bonchev–Trinajstić information content (AvgIpc) is 3.01. The van der Waals surface area contributed by atoms with Crippen molar-refractivity contribution < 1.29 is 13.9 Å². The van der Waals surface area contributed by atoms with Crippen LogP contribution >= 0.6 is 0 Å². The molecule has 2 aliphatic rings. The Bertz CT molecular complexity index is 232. The lowest BCUT2D eigenvalue weighted by Gasteiger charge is -2.17. The Kier molecular flexibility index (Phi) is 4.05. The quantitative estimate of drug-likeness (QED) is 0.515. The normalized spacial score (nSPS) is 33.5. The van der Waals surface area contributed by atoms with Crippen LogP contribution in [0.1, 0.15) is 25.7 Å². The molecule has 1 aliphatic heterocycles. The molecule has 2 fully saturated rings. The van der Waals surface area contributed by atoms with E-state index in [-0.39, 0.29) is 0 Å². The number of epoxide rings is 1. The number of hydrogen-bond acceptors (Lipinski definition) is 3. The molecule has 1 saturated carbocycles. The molecule has 3 nitrogen and oxygen atoms in total. The van der Waals surface area contributed by atoms with Crippen LogP contribution in [0.3, 0.4) is 0 Å². The van der Waals surface area contributed by atoms with Gasteiger partial charge in [-0.3, -0.25) is 0 Å². The molecule has 0 N–H and O–H groups in total. The number of rotatable bonds is 6. The lowest BCUT2D eigenvalue weighted by molar-refractivity contribution is 0.213. The highest BCUT2D eigenvalue weighted by molar-refractivity contribution is 6.42. The third kappa shape index (κ3) is 3.47. The third-order valence-electron chi connectivity index (χ3n) is 3.53. The van der Waals surface area contributed by atoms with Crippen molar-refractivity contribution in [3.63, 3.8) is 0 Å². The van der Waals surface area contributed by atoms with Gasteiger partial charge in [0, 0.05) is 19.8 Å².